The molecule has 0 fully saturated rings. The van der Waals surface area contributed by atoms with E-state index in [0.717, 1.165) is 37.9 Å². The minimum atomic E-state index is -0.782. The maximum Gasteiger partial charge on any atom is 0.161 e. The first-order chi connectivity index (χ1) is 12.9. The number of aryl methyl sites for hydroxylation is 1. The highest BCUT2D eigenvalue weighted by molar-refractivity contribution is 5.82. The number of hydrogen-bond donors (Lipinski definition) is 1. The largest absolute Gasteiger partial charge is 0.468 e. The fourth-order valence-corrected chi connectivity index (χ4v) is 4.00. The van der Waals surface area contributed by atoms with Crippen molar-refractivity contribution in [1.29, 1.82) is 0 Å². The SMILES string of the molecule is CCC(O)C(=O)CC(C)CCC/C(C)=C\C=C\[C@]1(C)CCCc2ccoc21. The molecular formula is C24H36O3. The monoisotopic (exact) mass is 372 g/mol. The second kappa shape index (κ2) is 10.1. The molecule has 0 saturated heterocycles. The van der Waals surface area contributed by atoms with Crippen molar-refractivity contribution in [1.82, 2.24) is 0 Å². The molecule has 27 heavy (non-hydrogen) atoms. The lowest BCUT2D eigenvalue weighted by Crippen LogP contribution is -2.23. The fourth-order valence-electron chi connectivity index (χ4n) is 4.00. The zero-order valence-electron chi connectivity index (χ0n) is 17.5. The highest BCUT2D eigenvalue weighted by atomic mass is 16.3. The van der Waals surface area contributed by atoms with Gasteiger partial charge in [0, 0.05) is 11.8 Å². The fraction of sp³-hybridized carbons (Fsp3) is 0.625. The van der Waals surface area contributed by atoms with Crippen LogP contribution in [0.15, 0.2) is 40.5 Å². The van der Waals surface area contributed by atoms with Gasteiger partial charge in [0.05, 0.1) is 6.26 Å². The van der Waals surface area contributed by atoms with Crippen molar-refractivity contribution in [3.05, 3.63) is 47.5 Å². The number of Topliss-reactive ketones (excluding diaryl/α,β-unsaturated/α-hetero) is 1. The van der Waals surface area contributed by atoms with E-state index in [0.29, 0.717) is 18.8 Å². The Morgan fingerprint density at radius 1 is 1.44 bits per heavy atom. The average molecular weight is 373 g/mol. The lowest BCUT2D eigenvalue weighted by Gasteiger charge is -2.29. The van der Waals surface area contributed by atoms with Crippen LogP contribution >= 0.6 is 0 Å². The Morgan fingerprint density at radius 2 is 2.22 bits per heavy atom. The molecule has 1 aromatic heterocycles. The van der Waals surface area contributed by atoms with Gasteiger partial charge in [-0.2, -0.15) is 0 Å². The van der Waals surface area contributed by atoms with Crippen LogP contribution in [0, 0.1) is 5.92 Å². The van der Waals surface area contributed by atoms with Gasteiger partial charge in [-0.15, -0.1) is 0 Å². The first-order valence-corrected chi connectivity index (χ1v) is 10.5. The van der Waals surface area contributed by atoms with Crippen molar-refractivity contribution in [2.45, 2.75) is 90.6 Å². The van der Waals surface area contributed by atoms with E-state index in [1.165, 1.54) is 17.6 Å². The van der Waals surface area contributed by atoms with Gasteiger partial charge < -0.3 is 9.52 Å². The van der Waals surface area contributed by atoms with E-state index in [1.54, 1.807) is 0 Å². The van der Waals surface area contributed by atoms with E-state index in [4.69, 9.17) is 4.42 Å². The number of allylic oxidation sites excluding steroid dienone is 4. The summed E-state index contributed by atoms with van der Waals surface area (Å²) < 4.78 is 5.76. The van der Waals surface area contributed by atoms with E-state index in [9.17, 15) is 9.90 Å². The van der Waals surface area contributed by atoms with Crippen LogP contribution in [0.4, 0.5) is 0 Å². The molecule has 1 aromatic rings. The Hall–Kier alpha value is -1.61. The molecule has 2 unspecified atom stereocenters. The first kappa shape index (κ1) is 21.7. The Balaban J connectivity index is 1.78. The molecule has 0 aliphatic heterocycles. The normalized spacial score (nSPS) is 22.6. The van der Waals surface area contributed by atoms with Gasteiger partial charge >= 0.3 is 0 Å². The van der Waals surface area contributed by atoms with Crippen molar-refractivity contribution < 1.29 is 14.3 Å². The molecule has 1 aliphatic carbocycles. The molecule has 1 N–H and O–H groups in total. The van der Waals surface area contributed by atoms with Crippen LogP contribution in [0.5, 0.6) is 0 Å². The topological polar surface area (TPSA) is 50.4 Å². The number of ketones is 1. The summed E-state index contributed by atoms with van der Waals surface area (Å²) in [5.41, 5.74) is 2.71. The molecule has 3 nitrogen and oxygen atoms in total. The zero-order valence-corrected chi connectivity index (χ0v) is 17.5. The Morgan fingerprint density at radius 3 is 2.96 bits per heavy atom. The molecule has 1 heterocycles. The number of furan rings is 1. The van der Waals surface area contributed by atoms with Gasteiger partial charge in [-0.1, -0.05) is 37.6 Å². The standard InChI is InChI=1S/C24H36O3/c1-5-21(25)22(26)17-19(3)10-6-9-18(2)11-7-14-24(4)15-8-12-20-13-16-27-23(20)24/h7,11,13-14,16,19,21,25H,5-6,8-10,12,15,17H2,1-4H3/b14-7+,18-11-/t19?,21?,24-/m1/s1. The van der Waals surface area contributed by atoms with Crippen LogP contribution in [0.1, 0.15) is 84.0 Å². The minimum absolute atomic E-state index is 0.00283. The summed E-state index contributed by atoms with van der Waals surface area (Å²) in [5, 5.41) is 9.59. The predicted octanol–water partition coefficient (Wildman–Crippen LogP) is 5.91. The van der Waals surface area contributed by atoms with Crippen LogP contribution in [0.2, 0.25) is 0 Å². The Labute approximate surface area is 164 Å². The summed E-state index contributed by atoms with van der Waals surface area (Å²) in [6.45, 7) is 8.37. The van der Waals surface area contributed by atoms with E-state index < -0.39 is 6.10 Å². The average Bonchev–Trinajstić information content (AvgIpc) is 3.11. The summed E-state index contributed by atoms with van der Waals surface area (Å²) in [5.74, 6) is 1.45. The second-order valence-corrected chi connectivity index (χ2v) is 8.51. The minimum Gasteiger partial charge on any atom is -0.468 e. The summed E-state index contributed by atoms with van der Waals surface area (Å²) in [4.78, 5) is 11.8. The molecule has 1 aliphatic rings. The second-order valence-electron chi connectivity index (χ2n) is 8.51. The van der Waals surface area contributed by atoms with Crippen molar-refractivity contribution in [3.63, 3.8) is 0 Å². The summed E-state index contributed by atoms with van der Waals surface area (Å²) in [6.07, 6.45) is 15.3. The van der Waals surface area contributed by atoms with Gasteiger partial charge in [-0.3, -0.25) is 4.79 Å². The quantitative estimate of drug-likeness (QED) is 0.519. The smallest absolute Gasteiger partial charge is 0.161 e. The number of fused-ring (bicyclic) bond motifs is 1. The van der Waals surface area contributed by atoms with Gasteiger partial charge in [0.25, 0.3) is 0 Å². The molecule has 0 amide bonds. The summed E-state index contributed by atoms with van der Waals surface area (Å²) >= 11 is 0. The van der Waals surface area contributed by atoms with E-state index in [-0.39, 0.29) is 11.2 Å². The van der Waals surface area contributed by atoms with Gasteiger partial charge in [0.1, 0.15) is 11.9 Å². The van der Waals surface area contributed by atoms with Crippen LogP contribution in [-0.4, -0.2) is 17.0 Å². The van der Waals surface area contributed by atoms with Gasteiger partial charge in [-0.05, 0) is 76.3 Å². The Kier molecular flexibility index (Phi) is 8.09. The highest BCUT2D eigenvalue weighted by Gasteiger charge is 2.32. The van der Waals surface area contributed by atoms with Crippen LogP contribution in [0.3, 0.4) is 0 Å². The third-order valence-electron chi connectivity index (χ3n) is 5.83. The molecule has 3 atom stereocenters. The molecule has 3 heteroatoms. The third-order valence-corrected chi connectivity index (χ3v) is 5.83. The number of hydrogen-bond acceptors (Lipinski definition) is 3. The lowest BCUT2D eigenvalue weighted by molar-refractivity contribution is -0.128. The maximum atomic E-state index is 11.8. The highest BCUT2D eigenvalue weighted by Crippen LogP contribution is 2.38. The third kappa shape index (κ3) is 6.21. The predicted molar refractivity (Wildman–Crippen MR) is 111 cm³/mol. The molecule has 0 bridgehead atoms. The van der Waals surface area contributed by atoms with Gasteiger partial charge in [-0.25, -0.2) is 0 Å². The zero-order chi connectivity index (χ0) is 19.9. The number of aliphatic hydroxyl groups excluding tert-OH is 1. The van der Waals surface area contributed by atoms with Crippen molar-refractivity contribution >= 4 is 5.78 Å². The lowest BCUT2D eigenvalue weighted by atomic mass is 9.75. The van der Waals surface area contributed by atoms with Gasteiger partial charge in [0.2, 0.25) is 0 Å². The number of carbonyl (C=O) groups excluding carboxylic acids is 1. The number of carbonyl (C=O) groups is 1. The Bertz CT molecular complexity index is 667. The van der Waals surface area contributed by atoms with E-state index >= 15 is 0 Å². The number of rotatable bonds is 10. The molecule has 2 rings (SSSR count). The molecular weight excluding hydrogens is 336 g/mol. The van der Waals surface area contributed by atoms with Crippen LogP contribution in [0.25, 0.3) is 0 Å². The molecule has 0 saturated carbocycles. The van der Waals surface area contributed by atoms with Crippen LogP contribution in [-0.2, 0) is 16.6 Å². The molecule has 0 spiro atoms. The van der Waals surface area contributed by atoms with Crippen molar-refractivity contribution in [2.24, 2.45) is 5.92 Å². The van der Waals surface area contributed by atoms with E-state index in [1.807, 2.05) is 13.2 Å². The summed E-state index contributed by atoms with van der Waals surface area (Å²) in [6, 6.07) is 2.10. The molecule has 0 radical (unpaired) electrons. The van der Waals surface area contributed by atoms with Crippen molar-refractivity contribution in [2.75, 3.05) is 0 Å². The van der Waals surface area contributed by atoms with Gasteiger partial charge in [0.15, 0.2) is 5.78 Å². The maximum absolute atomic E-state index is 11.8. The van der Waals surface area contributed by atoms with E-state index in [2.05, 4.69) is 45.1 Å². The summed E-state index contributed by atoms with van der Waals surface area (Å²) in [7, 11) is 0. The molecule has 150 valence electrons. The van der Waals surface area contributed by atoms with Crippen LogP contribution < -0.4 is 0 Å². The number of aliphatic hydroxyl groups is 1. The van der Waals surface area contributed by atoms with Crippen molar-refractivity contribution in [3.8, 4) is 0 Å². The first-order valence-electron chi connectivity index (χ1n) is 10.5. The molecule has 0 aromatic carbocycles.